The van der Waals surface area contributed by atoms with Gasteiger partial charge in [-0.25, -0.2) is 9.13 Å². The minimum Gasteiger partial charge on any atom is -0.395 e. The molecular weight excluding hydrogens is 434 g/mol. The molecule has 30 heavy (non-hydrogen) atoms. The highest BCUT2D eigenvalue weighted by molar-refractivity contribution is 7.59. The van der Waals surface area contributed by atoms with Crippen LogP contribution in [0, 0.1) is 22.1 Å². The van der Waals surface area contributed by atoms with Crippen molar-refractivity contribution in [3.8, 4) is 17.3 Å². The fraction of sp³-hybridized carbons (Fsp3) is 0.235. The van der Waals surface area contributed by atoms with Gasteiger partial charge in [0.25, 0.3) is 0 Å². The first-order valence-electron chi connectivity index (χ1n) is 8.41. The summed E-state index contributed by atoms with van der Waals surface area (Å²) in [6, 6.07) is 16.7. The van der Waals surface area contributed by atoms with Crippen molar-refractivity contribution in [3.63, 3.8) is 0 Å². The van der Waals surface area contributed by atoms with Gasteiger partial charge >= 0.3 is 15.4 Å². The van der Waals surface area contributed by atoms with Crippen molar-refractivity contribution in [2.45, 2.75) is 13.8 Å². The van der Waals surface area contributed by atoms with Crippen LogP contribution in [0.1, 0.15) is 13.8 Å². The molecule has 0 saturated heterocycles. The highest BCUT2D eigenvalue weighted by Gasteiger charge is 2.24. The second-order valence-corrected chi connectivity index (χ2v) is 7.84. The van der Waals surface area contributed by atoms with Crippen molar-refractivity contribution in [1.29, 1.82) is 16.3 Å². The van der Waals surface area contributed by atoms with Gasteiger partial charge in [-0.05, 0) is 38.1 Å². The van der Waals surface area contributed by atoms with Crippen LogP contribution < -0.4 is 14.0 Å². The first-order chi connectivity index (χ1) is 14.3. The van der Waals surface area contributed by atoms with Gasteiger partial charge in [0.05, 0.1) is 13.2 Å². The van der Waals surface area contributed by atoms with Gasteiger partial charge in [-0.3, -0.25) is 13.9 Å². The van der Waals surface area contributed by atoms with Crippen LogP contribution >= 0.6 is 15.4 Å². The molecule has 0 amide bonds. The van der Waals surface area contributed by atoms with Crippen LogP contribution in [0.25, 0.3) is 0 Å². The number of rotatable bonds is 8. The number of nitrogens with one attached hydrogen (secondary N) is 2. The van der Waals surface area contributed by atoms with Crippen LogP contribution in [-0.2, 0) is 18.2 Å². The molecule has 0 saturated carbocycles. The van der Waals surface area contributed by atoms with Crippen molar-refractivity contribution in [3.05, 3.63) is 60.7 Å². The summed E-state index contributed by atoms with van der Waals surface area (Å²) in [6.07, 6.45) is 0. The molecule has 0 aliphatic heterocycles. The third-order valence-corrected chi connectivity index (χ3v) is 4.97. The lowest BCUT2D eigenvalue weighted by Crippen LogP contribution is -1.99. The minimum atomic E-state index is -4.14. The van der Waals surface area contributed by atoms with Gasteiger partial charge in [-0.2, -0.15) is 5.26 Å². The molecule has 0 spiro atoms. The minimum absolute atomic E-state index is 0.227. The molecule has 0 aliphatic carbocycles. The van der Waals surface area contributed by atoms with Crippen molar-refractivity contribution in [1.82, 2.24) is 4.91 Å². The van der Waals surface area contributed by atoms with Gasteiger partial charge in [0.15, 0.2) is 5.81 Å². The van der Waals surface area contributed by atoms with Crippen molar-refractivity contribution in [2.75, 3.05) is 13.2 Å². The molecule has 3 N–H and O–H groups in total. The van der Waals surface area contributed by atoms with Crippen LogP contribution in [-0.4, -0.2) is 18.1 Å². The van der Waals surface area contributed by atoms with E-state index in [1.54, 1.807) is 74.5 Å². The summed E-state index contributed by atoms with van der Waals surface area (Å²) < 4.78 is 41.6. The lowest BCUT2D eigenvalue weighted by atomic mass is 10.3. The van der Waals surface area contributed by atoms with Gasteiger partial charge in [0.1, 0.15) is 22.6 Å². The molecule has 2 aromatic carbocycles. The van der Waals surface area contributed by atoms with E-state index in [0.717, 1.165) is 0 Å². The van der Waals surface area contributed by atoms with Gasteiger partial charge < -0.3 is 9.05 Å². The van der Waals surface area contributed by atoms with Crippen LogP contribution in [0.4, 0.5) is 0 Å². The first-order valence-corrected chi connectivity index (χ1v) is 11.4. The summed E-state index contributed by atoms with van der Waals surface area (Å²) in [5.41, 5.74) is 11.0. The molecule has 13 heteroatoms. The quantitative estimate of drug-likeness (QED) is 0.279. The summed E-state index contributed by atoms with van der Waals surface area (Å²) in [5, 5.41) is 8.28. The molecule has 0 fully saturated rings. The number of phosphoric acid groups is 1. The van der Waals surface area contributed by atoms with E-state index in [0.29, 0.717) is 0 Å². The Hall–Kier alpha value is -2.82. The molecule has 0 atom stereocenters. The maximum atomic E-state index is 11.7. The van der Waals surface area contributed by atoms with Crippen LogP contribution in [0.2, 0.25) is 0 Å². The van der Waals surface area contributed by atoms with Crippen LogP contribution in [0.15, 0.2) is 60.7 Å². The van der Waals surface area contributed by atoms with Crippen LogP contribution in [0.5, 0.6) is 11.5 Å². The van der Waals surface area contributed by atoms with Crippen LogP contribution in [0.3, 0.4) is 0 Å². The van der Waals surface area contributed by atoms with E-state index in [1.807, 2.05) is 4.91 Å². The van der Waals surface area contributed by atoms with Gasteiger partial charge in [-0.15, -0.1) is 0 Å². The Balaban J connectivity index is 0.000000554. The summed E-state index contributed by atoms with van der Waals surface area (Å²) in [5.74, 6) is 2.06. The zero-order valence-electron chi connectivity index (χ0n) is 16.4. The lowest BCUT2D eigenvalue weighted by Gasteiger charge is -2.13. The van der Waals surface area contributed by atoms with Crippen molar-refractivity contribution < 1.29 is 32.1 Å². The molecule has 0 aliphatic rings. The average Bonchev–Trinajstić information content (AvgIpc) is 2.70. The molecule has 0 heterocycles. The number of para-hydroxylation sites is 2. The Morgan fingerprint density at radius 3 is 1.50 bits per heavy atom. The number of hydrogen-bond donors (Lipinski definition) is 3. The smallest absolute Gasteiger partial charge is 0.395 e. The maximum Gasteiger partial charge on any atom is 0.584 e. The Labute approximate surface area is 174 Å². The Kier molecular flexibility index (Phi) is 13.7. The molecule has 0 bridgehead atoms. The highest BCUT2D eigenvalue weighted by Crippen LogP contribution is 2.46. The van der Waals surface area contributed by atoms with E-state index >= 15 is 0 Å². The molecular formula is C17H23N4O7P2+. The van der Waals surface area contributed by atoms with E-state index in [9.17, 15) is 14.0 Å². The maximum absolute atomic E-state index is 11.7. The zero-order valence-corrected chi connectivity index (χ0v) is 18.2. The average molecular weight is 457 g/mol. The van der Waals surface area contributed by atoms with Gasteiger partial charge in [-0.1, -0.05) is 36.4 Å². The van der Waals surface area contributed by atoms with Gasteiger partial charge in [0.2, 0.25) is 4.91 Å². The fourth-order valence-corrected chi connectivity index (χ4v) is 3.37. The van der Waals surface area contributed by atoms with Crippen molar-refractivity contribution in [2.24, 2.45) is 0 Å². The largest absolute Gasteiger partial charge is 0.584 e. The monoisotopic (exact) mass is 457 g/mol. The number of nitriles is 1. The molecule has 2 rings (SSSR count). The topological polar surface area (TPSA) is 177 Å². The van der Waals surface area contributed by atoms with E-state index in [4.69, 9.17) is 25.4 Å². The fourth-order valence-electron chi connectivity index (χ4n) is 1.68. The van der Waals surface area contributed by atoms with Crippen molar-refractivity contribution >= 4 is 15.4 Å². The second-order valence-electron chi connectivity index (χ2n) is 4.82. The summed E-state index contributed by atoms with van der Waals surface area (Å²) >= 11 is 0. The normalized spacial score (nSPS) is 10.1. The summed E-state index contributed by atoms with van der Waals surface area (Å²) in [7, 11) is -7.53. The first kappa shape index (κ1) is 27.2. The third kappa shape index (κ3) is 12.6. The van der Waals surface area contributed by atoms with E-state index in [-0.39, 0.29) is 24.7 Å². The Morgan fingerprint density at radius 1 is 0.900 bits per heavy atom. The van der Waals surface area contributed by atoms with E-state index in [2.05, 4.69) is 9.05 Å². The Bertz CT molecular complexity index is 846. The molecule has 0 unspecified atom stereocenters. The number of phosphoric ester groups is 1. The molecule has 162 valence electrons. The highest BCUT2D eigenvalue weighted by atomic mass is 31.2. The standard InChI is InChI=1S/C12H11O4P.C5H10NO3P.H2N3/c13-17(14,15-11-7-3-1-4-8-11)16-12-9-5-2-6-10-12;1-3-8-10(7,5-6)9-4-2;1-3-2/h1-10H,(H,13,14);3-4H2,1-2H3;1-2H/q;;+1. The summed E-state index contributed by atoms with van der Waals surface area (Å²) in [4.78, 5) is 11.5. The summed E-state index contributed by atoms with van der Waals surface area (Å²) in [6.45, 7) is 3.77. The van der Waals surface area contributed by atoms with E-state index in [1.165, 1.54) is 5.81 Å². The zero-order chi connectivity index (χ0) is 22.9. The molecule has 0 radical (unpaired) electrons. The molecule has 11 nitrogen and oxygen atoms in total. The number of benzene rings is 2. The predicted octanol–water partition coefficient (Wildman–Crippen LogP) is 5.09. The predicted molar refractivity (Wildman–Crippen MR) is 108 cm³/mol. The SMILES string of the molecule is CCOP(=O)(C#N)OCC.N=[N+]=N.O=P(O)(Oc1ccccc1)Oc1ccccc1. The lowest BCUT2D eigenvalue weighted by molar-refractivity contribution is 0.230. The number of hydrogen-bond acceptors (Lipinski definition) is 9. The Morgan fingerprint density at radius 2 is 1.23 bits per heavy atom. The molecule has 0 aromatic heterocycles. The second kappa shape index (κ2) is 15.1. The van der Waals surface area contributed by atoms with Gasteiger partial charge in [0, 0.05) is 0 Å². The van der Waals surface area contributed by atoms with E-state index < -0.39 is 15.4 Å². The number of nitrogens with zero attached hydrogens (tertiary/aromatic N) is 2. The third-order valence-electron chi connectivity index (χ3n) is 2.65. The molecule has 2 aromatic rings.